The molecule has 1 fully saturated rings. The van der Waals surface area contributed by atoms with Gasteiger partial charge in [-0.1, -0.05) is 76.7 Å². The van der Waals surface area contributed by atoms with Crippen LogP contribution in [0.4, 0.5) is 0 Å². The van der Waals surface area contributed by atoms with E-state index in [1.165, 1.54) is 57.8 Å². The number of hydrogen-bond donors (Lipinski definition) is 0. The molecule has 1 rings (SSSR count). The molecule has 0 spiro atoms. The van der Waals surface area contributed by atoms with Crippen LogP contribution in [0.25, 0.3) is 0 Å². The van der Waals surface area contributed by atoms with Gasteiger partial charge in [0, 0.05) is 11.9 Å². The third-order valence-corrected chi connectivity index (χ3v) is 5.67. The van der Waals surface area contributed by atoms with Gasteiger partial charge in [-0.25, -0.2) is 0 Å². The number of hydrogen-bond acceptors (Lipinski definition) is 4. The Hall–Kier alpha value is -0.320. The summed E-state index contributed by atoms with van der Waals surface area (Å²) in [4.78, 5) is 23.3. The molecule has 0 radical (unpaired) electrons. The van der Waals surface area contributed by atoms with Crippen molar-refractivity contribution in [3.63, 3.8) is 0 Å². The smallest absolute Gasteiger partial charge is 0.550 e. The Morgan fingerprint density at radius 1 is 0.821 bits per heavy atom. The van der Waals surface area contributed by atoms with Crippen LogP contribution in [0.15, 0.2) is 12.7 Å². The molecule has 1 saturated carbocycles. The second-order valence-corrected chi connectivity index (χ2v) is 7.95. The van der Waals surface area contributed by atoms with E-state index in [-0.39, 0.29) is 35.5 Å². The fourth-order valence-corrected chi connectivity index (χ4v) is 3.96. The molecule has 0 aromatic carbocycles. The van der Waals surface area contributed by atoms with Gasteiger partial charge < -0.3 is 14.6 Å². The zero-order valence-electron chi connectivity index (χ0n) is 18.1. The maximum atomic E-state index is 12.1. The third kappa shape index (κ3) is 13.0. The molecule has 0 bridgehead atoms. The minimum atomic E-state index is -1.10. The van der Waals surface area contributed by atoms with Gasteiger partial charge >= 0.3 is 35.5 Å². The van der Waals surface area contributed by atoms with Crippen molar-refractivity contribution in [2.24, 2.45) is 11.8 Å². The van der Waals surface area contributed by atoms with Crippen molar-refractivity contribution < 1.29 is 49.0 Å². The monoisotopic (exact) mass is 402 g/mol. The molecule has 156 valence electrons. The van der Waals surface area contributed by atoms with Crippen molar-refractivity contribution in [2.75, 3.05) is 6.61 Å². The van der Waals surface area contributed by atoms with Gasteiger partial charge in [0.05, 0.1) is 12.5 Å². The molecule has 1 aliphatic carbocycles. The molecule has 0 N–H and O–H groups in total. The third-order valence-electron chi connectivity index (χ3n) is 5.67. The molecule has 0 heterocycles. The molecule has 4 nitrogen and oxygen atoms in total. The molecular formula is C23H39NaO4. The average molecular weight is 403 g/mol. The maximum absolute atomic E-state index is 12.1. The normalized spacial score (nSPS) is 18.9. The topological polar surface area (TPSA) is 66.4 Å². The Morgan fingerprint density at radius 3 is 1.79 bits per heavy atom. The molecule has 0 aromatic heterocycles. The maximum Gasteiger partial charge on any atom is 1.00 e. The van der Waals surface area contributed by atoms with Gasteiger partial charge in [-0.15, -0.1) is 6.58 Å². The molecule has 2 atom stereocenters. The van der Waals surface area contributed by atoms with Gasteiger partial charge in [-0.2, -0.15) is 0 Å². The SMILES string of the molecule is C=CCCCCCCCCCCCCCOC(=O)C1CCCCC1C(=O)[O-].[Na+]. The van der Waals surface area contributed by atoms with E-state index in [0.29, 0.717) is 19.4 Å². The van der Waals surface area contributed by atoms with E-state index in [4.69, 9.17) is 4.74 Å². The van der Waals surface area contributed by atoms with E-state index in [9.17, 15) is 14.7 Å². The summed E-state index contributed by atoms with van der Waals surface area (Å²) >= 11 is 0. The van der Waals surface area contributed by atoms with Crippen molar-refractivity contribution in [3.8, 4) is 0 Å². The molecule has 0 saturated heterocycles. The number of carbonyl (C=O) groups excluding carboxylic acids is 2. The van der Waals surface area contributed by atoms with E-state index in [1.807, 2.05) is 6.08 Å². The quantitative estimate of drug-likeness (QED) is 0.171. The second kappa shape index (κ2) is 18.7. The summed E-state index contributed by atoms with van der Waals surface area (Å²) in [6.45, 7) is 4.16. The molecule has 5 heteroatoms. The summed E-state index contributed by atoms with van der Waals surface area (Å²) in [5, 5.41) is 11.1. The van der Waals surface area contributed by atoms with Crippen LogP contribution in [0.2, 0.25) is 0 Å². The minimum Gasteiger partial charge on any atom is -0.550 e. The number of carboxylic acids is 1. The first kappa shape index (κ1) is 27.7. The number of aliphatic carboxylic acids is 1. The number of rotatable bonds is 16. The summed E-state index contributed by atoms with van der Waals surface area (Å²) in [5.41, 5.74) is 0. The number of allylic oxidation sites excluding steroid dienone is 1. The minimum absolute atomic E-state index is 0. The summed E-state index contributed by atoms with van der Waals surface area (Å²) in [5.74, 6) is -2.60. The number of esters is 1. The Kier molecular flexibility index (Phi) is 18.5. The van der Waals surface area contributed by atoms with Crippen molar-refractivity contribution >= 4 is 11.9 Å². The predicted octanol–water partition coefficient (Wildman–Crippen LogP) is 1.96. The van der Waals surface area contributed by atoms with Gasteiger partial charge in [0.25, 0.3) is 0 Å². The summed E-state index contributed by atoms with van der Waals surface area (Å²) < 4.78 is 5.33. The van der Waals surface area contributed by atoms with Crippen LogP contribution in [-0.2, 0) is 14.3 Å². The standard InChI is InChI=1S/C23H40O4.Na/c1-2-3-4-5-6-7-8-9-10-11-12-13-16-19-27-23(26)21-18-15-14-17-20(21)22(24)25;/h2,20-21H,1,3-19H2,(H,24,25);/q;+1/p-1. The molecular weight excluding hydrogens is 363 g/mol. The van der Waals surface area contributed by atoms with E-state index in [1.54, 1.807) is 0 Å². The van der Waals surface area contributed by atoms with Crippen LogP contribution in [-0.4, -0.2) is 18.5 Å². The second-order valence-electron chi connectivity index (χ2n) is 7.95. The molecule has 0 aliphatic heterocycles. The zero-order chi connectivity index (χ0) is 19.7. The van der Waals surface area contributed by atoms with Gasteiger partial charge in [0.1, 0.15) is 0 Å². The van der Waals surface area contributed by atoms with Gasteiger partial charge in [-0.3, -0.25) is 4.79 Å². The van der Waals surface area contributed by atoms with Crippen LogP contribution in [0.3, 0.4) is 0 Å². The Bertz CT molecular complexity index is 425. The molecule has 1 aliphatic rings. The predicted molar refractivity (Wildman–Crippen MR) is 107 cm³/mol. The number of carbonyl (C=O) groups is 2. The number of unbranched alkanes of at least 4 members (excludes halogenated alkanes) is 11. The zero-order valence-corrected chi connectivity index (χ0v) is 20.1. The summed E-state index contributed by atoms with van der Waals surface area (Å²) in [6, 6.07) is 0. The average Bonchev–Trinajstić information content (AvgIpc) is 2.68. The van der Waals surface area contributed by atoms with E-state index in [0.717, 1.165) is 32.1 Å². The molecule has 2 unspecified atom stereocenters. The fourth-order valence-electron chi connectivity index (χ4n) is 3.96. The number of ether oxygens (including phenoxy) is 1. The van der Waals surface area contributed by atoms with Crippen LogP contribution < -0.4 is 34.7 Å². The first-order chi connectivity index (χ1) is 13.2. The van der Waals surface area contributed by atoms with E-state index >= 15 is 0 Å². The Balaban J connectivity index is 0.00000729. The van der Waals surface area contributed by atoms with Gasteiger partial charge in [0.15, 0.2) is 0 Å². The van der Waals surface area contributed by atoms with Crippen molar-refractivity contribution in [3.05, 3.63) is 12.7 Å². The van der Waals surface area contributed by atoms with E-state index < -0.39 is 17.8 Å². The summed E-state index contributed by atoms with van der Waals surface area (Å²) in [6.07, 6.45) is 19.7. The van der Waals surface area contributed by atoms with E-state index in [2.05, 4.69) is 6.58 Å². The Morgan fingerprint density at radius 2 is 1.29 bits per heavy atom. The summed E-state index contributed by atoms with van der Waals surface area (Å²) in [7, 11) is 0. The van der Waals surface area contributed by atoms with Crippen molar-refractivity contribution in [1.29, 1.82) is 0 Å². The first-order valence-corrected chi connectivity index (χ1v) is 11.1. The largest absolute Gasteiger partial charge is 1.00 e. The van der Waals surface area contributed by atoms with Crippen LogP contribution in [0.1, 0.15) is 103 Å². The molecule has 28 heavy (non-hydrogen) atoms. The van der Waals surface area contributed by atoms with Gasteiger partial charge in [-0.05, 0) is 32.1 Å². The van der Waals surface area contributed by atoms with Crippen LogP contribution in [0.5, 0.6) is 0 Å². The van der Waals surface area contributed by atoms with Crippen LogP contribution >= 0.6 is 0 Å². The fraction of sp³-hybridized carbons (Fsp3) is 0.826. The Labute approximate surface area is 194 Å². The van der Waals surface area contributed by atoms with Gasteiger partial charge in [0.2, 0.25) is 0 Å². The molecule has 0 amide bonds. The molecule has 0 aromatic rings. The van der Waals surface area contributed by atoms with Crippen molar-refractivity contribution in [2.45, 2.75) is 103 Å². The van der Waals surface area contributed by atoms with Crippen molar-refractivity contribution in [1.82, 2.24) is 0 Å². The number of carboxylic acid groups (broad SMARTS) is 1. The first-order valence-electron chi connectivity index (χ1n) is 11.1. The van der Waals surface area contributed by atoms with Crippen LogP contribution in [0, 0.1) is 11.8 Å².